The molecule has 0 spiro atoms. The second-order valence-corrected chi connectivity index (χ2v) is 5.86. The van der Waals surface area contributed by atoms with Gasteiger partial charge in [-0.05, 0) is 0 Å². The van der Waals surface area contributed by atoms with Gasteiger partial charge in [-0.1, -0.05) is 0 Å². The molecular formula is C6H20N2O8S2. The first-order valence-electron chi connectivity index (χ1n) is 4.50. The van der Waals surface area contributed by atoms with Gasteiger partial charge < -0.3 is 18.9 Å². The molecule has 18 heavy (non-hydrogen) atoms. The lowest BCUT2D eigenvalue weighted by atomic mass is 11.0. The highest BCUT2D eigenvalue weighted by Crippen LogP contribution is 1.92. The van der Waals surface area contributed by atoms with Gasteiger partial charge in [-0.3, -0.25) is 0 Å². The van der Waals surface area contributed by atoms with Crippen molar-refractivity contribution >= 4 is 20.8 Å². The molecule has 0 heterocycles. The van der Waals surface area contributed by atoms with Gasteiger partial charge in [0.05, 0.1) is 42.3 Å². The van der Waals surface area contributed by atoms with Crippen LogP contribution < -0.4 is 9.80 Å². The van der Waals surface area contributed by atoms with Crippen LogP contribution >= 0.6 is 0 Å². The summed E-state index contributed by atoms with van der Waals surface area (Å²) in [5, 5.41) is 0. The van der Waals surface area contributed by atoms with Crippen LogP contribution in [0.3, 0.4) is 0 Å². The van der Waals surface area contributed by atoms with Crippen molar-refractivity contribution in [2.75, 3.05) is 42.3 Å². The van der Waals surface area contributed by atoms with Crippen LogP contribution in [0.4, 0.5) is 0 Å². The predicted octanol–water partition coefficient (Wildman–Crippen LogP) is -4.62. The maximum absolute atomic E-state index is 9.37. The van der Waals surface area contributed by atoms with Crippen LogP contribution in [0, 0.1) is 0 Å². The minimum atomic E-state index is -5.31. The molecule has 0 aromatic heterocycles. The topological polar surface area (TPSA) is 142 Å². The maximum atomic E-state index is 9.37. The van der Waals surface area contributed by atoms with E-state index in [1.165, 1.54) is 9.80 Å². The van der Waals surface area contributed by atoms with Crippen molar-refractivity contribution in [3.05, 3.63) is 0 Å². The molecule has 0 unspecified atom stereocenters. The average Bonchev–Trinajstić information content (AvgIpc) is 1.95. The fourth-order valence-electron chi connectivity index (χ4n) is 0.0680. The highest BCUT2D eigenvalue weighted by atomic mass is 32.3. The molecule has 0 saturated heterocycles. The Morgan fingerprint density at radius 1 is 0.667 bits per heavy atom. The molecule has 2 N–H and O–H groups in total. The summed E-state index contributed by atoms with van der Waals surface area (Å²) < 4.78 is 61.5. The molecule has 114 valence electrons. The zero-order valence-corrected chi connectivity index (χ0v) is 12.7. The molecule has 0 amide bonds. The molecule has 0 aliphatic heterocycles. The third kappa shape index (κ3) is 75.9. The van der Waals surface area contributed by atoms with Gasteiger partial charge in [0.15, 0.2) is 0 Å². The Labute approximate surface area is 108 Å². The molecule has 0 aliphatic carbocycles. The van der Waals surface area contributed by atoms with Crippen molar-refractivity contribution < 1.29 is 44.4 Å². The zero-order valence-electron chi connectivity index (χ0n) is 11.1. The Morgan fingerprint density at radius 3 is 0.833 bits per heavy atom. The molecule has 0 aromatic rings. The van der Waals surface area contributed by atoms with Crippen molar-refractivity contribution in [2.24, 2.45) is 0 Å². The number of hydrogen-bond acceptors (Lipinski definition) is 8. The van der Waals surface area contributed by atoms with Gasteiger partial charge in [0.25, 0.3) is 0 Å². The first-order valence-corrected chi connectivity index (χ1v) is 7.17. The SMILES string of the molecule is C[NH+](C)C.C[NH+](C)C.O=S(=O)([O-])OOS(=O)(=O)[O-]. The highest BCUT2D eigenvalue weighted by Gasteiger charge is 1.99. The van der Waals surface area contributed by atoms with Crippen molar-refractivity contribution in [3.8, 4) is 0 Å². The van der Waals surface area contributed by atoms with Gasteiger partial charge in [0.1, 0.15) is 0 Å². The van der Waals surface area contributed by atoms with E-state index in [1.807, 2.05) is 0 Å². The normalized spacial score (nSPS) is 11.4. The summed E-state index contributed by atoms with van der Waals surface area (Å²) in [6, 6.07) is 0. The first kappa shape index (κ1) is 22.8. The summed E-state index contributed by atoms with van der Waals surface area (Å²) in [5.74, 6) is 0. The van der Waals surface area contributed by atoms with Crippen molar-refractivity contribution in [2.45, 2.75) is 0 Å². The van der Waals surface area contributed by atoms with Gasteiger partial charge in [-0.15, -0.1) is 8.67 Å². The lowest BCUT2D eigenvalue weighted by Crippen LogP contribution is -3.02. The average molecular weight is 312 g/mol. The molecule has 0 radical (unpaired) electrons. The number of nitrogens with one attached hydrogen (secondary N) is 2. The van der Waals surface area contributed by atoms with E-state index in [1.54, 1.807) is 0 Å². The molecule has 0 fully saturated rings. The van der Waals surface area contributed by atoms with Gasteiger partial charge >= 0.3 is 0 Å². The summed E-state index contributed by atoms with van der Waals surface area (Å²) >= 11 is 0. The highest BCUT2D eigenvalue weighted by molar-refractivity contribution is 7.83. The quantitative estimate of drug-likeness (QED) is 0.229. The van der Waals surface area contributed by atoms with Gasteiger partial charge in [-0.25, -0.2) is 16.8 Å². The van der Waals surface area contributed by atoms with Crippen LogP contribution in [0.5, 0.6) is 0 Å². The summed E-state index contributed by atoms with van der Waals surface area (Å²) in [6.45, 7) is 0. The Morgan fingerprint density at radius 2 is 0.778 bits per heavy atom. The molecular weight excluding hydrogens is 292 g/mol. The largest absolute Gasteiger partial charge is 0.724 e. The molecule has 0 aromatic carbocycles. The van der Waals surface area contributed by atoms with Crippen molar-refractivity contribution in [3.63, 3.8) is 0 Å². The maximum Gasteiger partial charge on any atom is 0.246 e. The Balaban J connectivity index is -0.000000233. The number of quaternary nitrogens is 2. The van der Waals surface area contributed by atoms with Crippen LogP contribution in [0.2, 0.25) is 0 Å². The van der Waals surface area contributed by atoms with E-state index in [0.717, 1.165) is 0 Å². The molecule has 10 nitrogen and oxygen atoms in total. The fraction of sp³-hybridized carbons (Fsp3) is 1.00. The third-order valence-corrected chi connectivity index (χ3v) is 0.750. The van der Waals surface area contributed by atoms with Gasteiger partial charge in [-0.2, -0.15) is 0 Å². The molecule has 0 bridgehead atoms. The summed E-state index contributed by atoms with van der Waals surface area (Å²) in [7, 11) is 1.88. The summed E-state index contributed by atoms with van der Waals surface area (Å²) in [5.41, 5.74) is 0. The summed E-state index contributed by atoms with van der Waals surface area (Å²) in [6.07, 6.45) is 0. The van der Waals surface area contributed by atoms with Crippen LogP contribution in [-0.4, -0.2) is 68.2 Å². The lowest BCUT2D eigenvalue weighted by Gasteiger charge is -2.07. The summed E-state index contributed by atoms with van der Waals surface area (Å²) in [4.78, 5) is 2.83. The standard InChI is InChI=1S/2C3H9N.H2O8S2/c2*1-4(2)3;1-9(2,3)7-8-10(4,5)6/h2*1-3H3;(H,1,2,3)(H,4,5,6). The Kier molecular flexibility index (Phi) is 13.4. The molecule has 12 heteroatoms. The van der Waals surface area contributed by atoms with E-state index >= 15 is 0 Å². The second-order valence-electron chi connectivity index (χ2n) is 3.95. The van der Waals surface area contributed by atoms with Crippen LogP contribution in [0.15, 0.2) is 0 Å². The Bertz CT molecular complexity index is 331. The van der Waals surface area contributed by atoms with E-state index in [0.29, 0.717) is 0 Å². The molecule has 0 aliphatic rings. The van der Waals surface area contributed by atoms with E-state index in [2.05, 4.69) is 51.0 Å². The molecule has 0 rings (SSSR count). The van der Waals surface area contributed by atoms with Crippen molar-refractivity contribution in [1.29, 1.82) is 0 Å². The Hall–Kier alpha value is -0.340. The van der Waals surface area contributed by atoms with Crippen LogP contribution in [-0.2, 0) is 29.5 Å². The molecule has 0 atom stereocenters. The van der Waals surface area contributed by atoms with Gasteiger partial charge in [0, 0.05) is 0 Å². The minimum Gasteiger partial charge on any atom is -0.724 e. The fourth-order valence-corrected chi connectivity index (χ4v) is 0.612. The minimum absolute atomic E-state index is 1.42. The van der Waals surface area contributed by atoms with E-state index in [4.69, 9.17) is 0 Å². The van der Waals surface area contributed by atoms with Crippen LogP contribution in [0.1, 0.15) is 0 Å². The van der Waals surface area contributed by atoms with Crippen molar-refractivity contribution in [1.82, 2.24) is 0 Å². The van der Waals surface area contributed by atoms with Gasteiger partial charge in [0.2, 0.25) is 20.8 Å². The van der Waals surface area contributed by atoms with Crippen LogP contribution in [0.25, 0.3) is 0 Å². The predicted molar refractivity (Wildman–Crippen MR) is 59.0 cm³/mol. The zero-order chi connectivity index (χ0) is 15.6. The monoisotopic (exact) mass is 312 g/mol. The lowest BCUT2D eigenvalue weighted by molar-refractivity contribution is -0.836. The van der Waals surface area contributed by atoms with E-state index < -0.39 is 20.8 Å². The number of hydrogen-bond donors (Lipinski definition) is 2. The third-order valence-electron chi connectivity index (χ3n) is 0.194. The first-order chi connectivity index (χ1) is 7.67. The van der Waals surface area contributed by atoms with E-state index in [-0.39, 0.29) is 0 Å². The van der Waals surface area contributed by atoms with E-state index in [9.17, 15) is 25.9 Å². The number of rotatable bonds is 3. The molecule has 0 saturated carbocycles. The smallest absolute Gasteiger partial charge is 0.246 e. The second kappa shape index (κ2) is 10.6.